The second-order valence-electron chi connectivity index (χ2n) is 7.51. The highest BCUT2D eigenvalue weighted by molar-refractivity contribution is 5.85. The highest BCUT2D eigenvalue weighted by Crippen LogP contribution is 2.41. The lowest BCUT2D eigenvalue weighted by Crippen LogP contribution is -2.49. The van der Waals surface area contributed by atoms with Crippen molar-refractivity contribution in [3.05, 3.63) is 17.0 Å². The van der Waals surface area contributed by atoms with Crippen LogP contribution in [0.3, 0.4) is 0 Å². The lowest BCUT2D eigenvalue weighted by molar-refractivity contribution is -0.127. The van der Waals surface area contributed by atoms with Crippen LogP contribution in [0.25, 0.3) is 0 Å². The summed E-state index contributed by atoms with van der Waals surface area (Å²) in [5.41, 5.74) is 9.83. The van der Waals surface area contributed by atoms with Gasteiger partial charge >= 0.3 is 0 Å². The average Bonchev–Trinajstić information content (AvgIpc) is 2.73. The maximum atomic E-state index is 12.5. The number of carbonyl (C=O) groups is 1. The molecule has 6 heteroatoms. The molecule has 2 aliphatic rings. The van der Waals surface area contributed by atoms with E-state index in [1.165, 1.54) is 30.5 Å². The molecular weight excluding hydrogens is 324 g/mol. The van der Waals surface area contributed by atoms with Crippen molar-refractivity contribution in [2.45, 2.75) is 58.4 Å². The monoisotopic (exact) mass is 354 g/mol. The summed E-state index contributed by atoms with van der Waals surface area (Å²) in [6.07, 6.45) is 6.52. The van der Waals surface area contributed by atoms with Crippen molar-refractivity contribution in [3.8, 4) is 0 Å². The number of amides is 1. The molecule has 1 amide bonds. The molecule has 2 bridgehead atoms. The Morgan fingerprint density at radius 3 is 2.46 bits per heavy atom. The quantitative estimate of drug-likeness (QED) is 0.871. The Kier molecular flexibility index (Phi) is 6.32. The first-order chi connectivity index (χ1) is 11.0. The minimum Gasteiger partial charge on any atom is -0.356 e. The number of carbonyl (C=O) groups excluding carboxylic acids is 1. The number of aryl methyl sites for hydroxylation is 2. The van der Waals surface area contributed by atoms with Crippen molar-refractivity contribution < 1.29 is 4.79 Å². The van der Waals surface area contributed by atoms with Crippen LogP contribution in [0.1, 0.15) is 49.1 Å². The summed E-state index contributed by atoms with van der Waals surface area (Å²) < 4.78 is 1.91. The zero-order chi connectivity index (χ0) is 16.6. The summed E-state index contributed by atoms with van der Waals surface area (Å²) in [5.74, 6) is 1.51. The van der Waals surface area contributed by atoms with E-state index in [1.54, 1.807) is 0 Å². The minimum atomic E-state index is 0. The van der Waals surface area contributed by atoms with Gasteiger partial charge in [-0.15, -0.1) is 12.4 Å². The maximum absolute atomic E-state index is 12.5. The van der Waals surface area contributed by atoms with E-state index < -0.39 is 0 Å². The van der Waals surface area contributed by atoms with Gasteiger partial charge in [-0.1, -0.05) is 6.42 Å². The number of halogens is 1. The van der Waals surface area contributed by atoms with Crippen LogP contribution in [-0.2, 0) is 18.3 Å². The Hall–Kier alpha value is -1.07. The van der Waals surface area contributed by atoms with Gasteiger partial charge in [-0.2, -0.15) is 5.10 Å². The van der Waals surface area contributed by atoms with Crippen LogP contribution in [-0.4, -0.2) is 28.3 Å². The number of hydrogen-bond donors (Lipinski definition) is 2. The molecule has 3 rings (SSSR count). The van der Waals surface area contributed by atoms with Gasteiger partial charge in [-0.3, -0.25) is 9.48 Å². The molecule has 0 spiro atoms. The molecule has 0 radical (unpaired) electrons. The number of nitrogens with two attached hydrogens (primary N) is 1. The molecule has 5 nitrogen and oxygen atoms in total. The first-order valence-corrected chi connectivity index (χ1v) is 8.99. The molecule has 3 N–H and O–H groups in total. The summed E-state index contributed by atoms with van der Waals surface area (Å²) in [5, 5.41) is 7.59. The van der Waals surface area contributed by atoms with E-state index in [0.29, 0.717) is 24.4 Å². The topological polar surface area (TPSA) is 72.9 Å². The third kappa shape index (κ3) is 3.77. The standard InChI is InChI=1S/C18H30N4O.ClH/c1-11-16(12(2)22(3)21-11)7-8-20-18(23)15-9-13-5-4-6-14(10-15)17(13)19;/h13-15,17H,4-10,19H2,1-3H3,(H,20,23);1H. The summed E-state index contributed by atoms with van der Waals surface area (Å²) in [7, 11) is 1.97. The number of fused-ring (bicyclic) bond motifs is 2. The highest BCUT2D eigenvalue weighted by Gasteiger charge is 2.40. The molecule has 2 unspecified atom stereocenters. The summed E-state index contributed by atoms with van der Waals surface area (Å²) >= 11 is 0. The van der Waals surface area contributed by atoms with Gasteiger partial charge in [0.2, 0.25) is 5.91 Å². The third-order valence-corrected chi connectivity index (χ3v) is 6.12. The van der Waals surface area contributed by atoms with Crippen molar-refractivity contribution in [1.82, 2.24) is 15.1 Å². The van der Waals surface area contributed by atoms with Gasteiger partial charge in [0.05, 0.1) is 5.69 Å². The number of nitrogens with zero attached hydrogens (tertiary/aromatic N) is 2. The molecule has 1 aromatic heterocycles. The van der Waals surface area contributed by atoms with Crippen molar-refractivity contribution in [2.24, 2.45) is 30.5 Å². The first kappa shape index (κ1) is 19.3. The first-order valence-electron chi connectivity index (χ1n) is 8.99. The third-order valence-electron chi connectivity index (χ3n) is 6.12. The Morgan fingerprint density at radius 2 is 1.92 bits per heavy atom. The van der Waals surface area contributed by atoms with Crippen molar-refractivity contribution in [3.63, 3.8) is 0 Å². The number of aromatic nitrogens is 2. The Balaban J connectivity index is 0.00000208. The van der Waals surface area contributed by atoms with Gasteiger partial charge in [0.15, 0.2) is 0 Å². The molecule has 1 aromatic rings. The molecule has 2 atom stereocenters. The Labute approximate surface area is 151 Å². The lowest BCUT2D eigenvalue weighted by atomic mass is 9.65. The van der Waals surface area contributed by atoms with Crippen LogP contribution in [0.2, 0.25) is 0 Å². The Bertz CT molecular complexity index is 572. The van der Waals surface area contributed by atoms with E-state index in [2.05, 4.69) is 17.3 Å². The second kappa shape index (κ2) is 7.87. The van der Waals surface area contributed by atoms with E-state index in [0.717, 1.165) is 25.0 Å². The number of nitrogens with one attached hydrogen (secondary N) is 1. The van der Waals surface area contributed by atoms with E-state index in [4.69, 9.17) is 5.73 Å². The molecule has 2 saturated carbocycles. The lowest BCUT2D eigenvalue weighted by Gasteiger charge is -2.43. The van der Waals surface area contributed by atoms with Crippen LogP contribution in [0, 0.1) is 31.6 Å². The van der Waals surface area contributed by atoms with Crippen LogP contribution >= 0.6 is 12.4 Å². The van der Waals surface area contributed by atoms with Gasteiger partial charge < -0.3 is 11.1 Å². The van der Waals surface area contributed by atoms with Crippen LogP contribution in [0.4, 0.5) is 0 Å². The largest absolute Gasteiger partial charge is 0.356 e. The SMILES string of the molecule is Cc1nn(C)c(C)c1CCNC(=O)C1CC2CCCC(C1)C2N.Cl. The molecule has 0 aromatic carbocycles. The molecule has 2 aliphatic carbocycles. The molecular formula is C18H31ClN4O. The maximum Gasteiger partial charge on any atom is 0.223 e. The number of rotatable bonds is 4. The summed E-state index contributed by atoms with van der Waals surface area (Å²) in [4.78, 5) is 12.5. The van der Waals surface area contributed by atoms with Gasteiger partial charge in [-0.05, 0) is 63.4 Å². The zero-order valence-electron chi connectivity index (χ0n) is 15.0. The van der Waals surface area contributed by atoms with E-state index >= 15 is 0 Å². The zero-order valence-corrected chi connectivity index (χ0v) is 15.9. The summed E-state index contributed by atoms with van der Waals surface area (Å²) in [6, 6.07) is 0.327. The van der Waals surface area contributed by atoms with Gasteiger partial charge in [-0.25, -0.2) is 0 Å². The fraction of sp³-hybridized carbons (Fsp3) is 0.778. The molecule has 0 saturated heterocycles. The fourth-order valence-electron chi connectivity index (χ4n) is 4.64. The fourth-order valence-corrected chi connectivity index (χ4v) is 4.64. The average molecular weight is 355 g/mol. The predicted molar refractivity (Wildman–Crippen MR) is 98.2 cm³/mol. The molecule has 0 aliphatic heterocycles. The van der Waals surface area contributed by atoms with Crippen molar-refractivity contribution in [1.29, 1.82) is 0 Å². The van der Waals surface area contributed by atoms with Gasteiger partial charge in [0, 0.05) is 31.2 Å². The highest BCUT2D eigenvalue weighted by atomic mass is 35.5. The Morgan fingerprint density at radius 1 is 1.29 bits per heavy atom. The normalized spacial score (nSPS) is 29.0. The second-order valence-corrected chi connectivity index (χ2v) is 7.51. The van der Waals surface area contributed by atoms with Crippen LogP contribution in [0.5, 0.6) is 0 Å². The van der Waals surface area contributed by atoms with E-state index in [-0.39, 0.29) is 24.2 Å². The van der Waals surface area contributed by atoms with Crippen molar-refractivity contribution in [2.75, 3.05) is 6.54 Å². The van der Waals surface area contributed by atoms with E-state index in [9.17, 15) is 4.79 Å². The van der Waals surface area contributed by atoms with Gasteiger partial charge in [0.1, 0.15) is 0 Å². The molecule has 24 heavy (non-hydrogen) atoms. The van der Waals surface area contributed by atoms with Crippen LogP contribution in [0.15, 0.2) is 0 Å². The van der Waals surface area contributed by atoms with Gasteiger partial charge in [0.25, 0.3) is 0 Å². The predicted octanol–water partition coefficient (Wildman–Crippen LogP) is 2.27. The van der Waals surface area contributed by atoms with Crippen molar-refractivity contribution >= 4 is 18.3 Å². The summed E-state index contributed by atoms with van der Waals surface area (Å²) in [6.45, 7) is 4.82. The molecule has 136 valence electrons. The van der Waals surface area contributed by atoms with E-state index in [1.807, 2.05) is 18.7 Å². The smallest absolute Gasteiger partial charge is 0.223 e. The molecule has 1 heterocycles. The molecule has 2 fully saturated rings. The number of hydrogen-bond acceptors (Lipinski definition) is 3. The minimum absolute atomic E-state index is 0. The van der Waals surface area contributed by atoms with Crippen LogP contribution < -0.4 is 11.1 Å².